The first-order valence-electron chi connectivity index (χ1n) is 5.03. The van der Waals surface area contributed by atoms with E-state index >= 15 is 0 Å². The Bertz CT molecular complexity index is 606. The van der Waals surface area contributed by atoms with Crippen molar-refractivity contribution in [3.05, 3.63) is 27.7 Å². The van der Waals surface area contributed by atoms with Gasteiger partial charge in [0.15, 0.2) is 11.4 Å². The normalized spacial score (nSPS) is 14.7. The number of carboxylic acids is 1. The molecule has 2 N–H and O–H groups in total. The number of pyridine rings is 1. The van der Waals surface area contributed by atoms with Crippen molar-refractivity contribution in [2.75, 3.05) is 25.8 Å². The maximum absolute atomic E-state index is 11.8. The van der Waals surface area contributed by atoms with Crippen LogP contribution in [0.15, 0.2) is 11.0 Å². The van der Waals surface area contributed by atoms with Crippen molar-refractivity contribution in [2.45, 2.75) is 0 Å². The largest absolute Gasteiger partial charge is 0.502 e. The summed E-state index contributed by atoms with van der Waals surface area (Å²) < 4.78 is 1.17. The van der Waals surface area contributed by atoms with Crippen LogP contribution in [0.5, 0.6) is 5.75 Å². The van der Waals surface area contributed by atoms with Crippen LogP contribution in [0.2, 0.25) is 0 Å². The van der Waals surface area contributed by atoms with E-state index in [2.05, 4.69) is 0 Å². The average molecular weight is 253 g/mol. The molecule has 18 heavy (non-hydrogen) atoms. The van der Waals surface area contributed by atoms with E-state index in [1.807, 2.05) is 0 Å². The number of nitrogens with zero attached hydrogens (tertiary/aromatic N) is 3. The Hall–Kier alpha value is -2.51. The van der Waals surface area contributed by atoms with Gasteiger partial charge < -0.3 is 15.1 Å². The minimum Gasteiger partial charge on any atom is -0.502 e. The van der Waals surface area contributed by atoms with E-state index < -0.39 is 28.6 Å². The van der Waals surface area contributed by atoms with Crippen molar-refractivity contribution in [1.29, 1.82) is 0 Å². The van der Waals surface area contributed by atoms with Gasteiger partial charge in [0.25, 0.3) is 5.91 Å². The second-order valence-electron chi connectivity index (χ2n) is 4.02. The second-order valence-corrected chi connectivity index (χ2v) is 4.02. The van der Waals surface area contributed by atoms with Crippen molar-refractivity contribution >= 4 is 11.9 Å². The second kappa shape index (κ2) is 3.76. The molecule has 1 aromatic heterocycles. The van der Waals surface area contributed by atoms with Gasteiger partial charge in [-0.1, -0.05) is 0 Å². The number of aromatic carboxylic acids is 1. The fourth-order valence-corrected chi connectivity index (χ4v) is 1.83. The van der Waals surface area contributed by atoms with Crippen molar-refractivity contribution in [3.63, 3.8) is 0 Å². The number of carbonyl (C=O) groups is 2. The molecular weight excluding hydrogens is 242 g/mol. The molecule has 1 aliphatic rings. The Morgan fingerprint density at radius 2 is 1.94 bits per heavy atom. The van der Waals surface area contributed by atoms with Crippen LogP contribution in [-0.2, 0) is 0 Å². The van der Waals surface area contributed by atoms with E-state index in [1.165, 1.54) is 21.6 Å². The van der Waals surface area contributed by atoms with Crippen LogP contribution in [-0.4, -0.2) is 52.4 Å². The topological polar surface area (TPSA) is 103 Å². The Morgan fingerprint density at radius 3 is 2.50 bits per heavy atom. The highest BCUT2D eigenvalue weighted by Gasteiger charge is 2.31. The number of carboxylic acid groups (broad SMARTS) is 1. The summed E-state index contributed by atoms with van der Waals surface area (Å²) in [5.41, 5.74) is -1.88. The smallest absolute Gasteiger partial charge is 0.341 e. The van der Waals surface area contributed by atoms with E-state index in [4.69, 9.17) is 5.11 Å². The number of hydrogen-bond donors (Lipinski definition) is 2. The molecule has 0 atom stereocenters. The fraction of sp³-hybridized carbons (Fsp3) is 0.300. The molecule has 2 rings (SSSR count). The Balaban J connectivity index is 2.80. The molecule has 0 saturated heterocycles. The molecule has 0 aromatic carbocycles. The molecule has 2 heterocycles. The minimum atomic E-state index is -1.45. The molecule has 0 saturated carbocycles. The van der Waals surface area contributed by atoms with Crippen LogP contribution < -0.4 is 10.4 Å². The number of aromatic hydroxyl groups is 1. The van der Waals surface area contributed by atoms with Crippen LogP contribution >= 0.6 is 0 Å². The van der Waals surface area contributed by atoms with Gasteiger partial charge in [-0.3, -0.25) is 19.3 Å². The third kappa shape index (κ3) is 1.50. The monoisotopic (exact) mass is 253 g/mol. The van der Waals surface area contributed by atoms with Crippen LogP contribution in [0.1, 0.15) is 20.8 Å². The molecule has 1 amide bonds. The van der Waals surface area contributed by atoms with Gasteiger partial charge in [0.2, 0.25) is 5.43 Å². The van der Waals surface area contributed by atoms with Crippen LogP contribution in [0, 0.1) is 0 Å². The summed E-state index contributed by atoms with van der Waals surface area (Å²) in [5, 5.41) is 20.1. The van der Waals surface area contributed by atoms with Gasteiger partial charge in [0.1, 0.15) is 12.2 Å². The maximum Gasteiger partial charge on any atom is 0.341 e. The molecule has 0 bridgehead atoms. The van der Waals surface area contributed by atoms with Gasteiger partial charge in [-0.2, -0.15) is 0 Å². The van der Waals surface area contributed by atoms with Gasteiger partial charge in [-0.25, -0.2) is 4.79 Å². The molecule has 0 aliphatic carbocycles. The fourth-order valence-electron chi connectivity index (χ4n) is 1.83. The lowest BCUT2D eigenvalue weighted by Gasteiger charge is -2.35. The van der Waals surface area contributed by atoms with E-state index in [0.717, 1.165) is 6.20 Å². The Labute approximate surface area is 101 Å². The average Bonchev–Trinajstić information content (AvgIpc) is 2.29. The van der Waals surface area contributed by atoms with E-state index in [0.29, 0.717) is 0 Å². The molecule has 0 unspecified atom stereocenters. The highest BCUT2D eigenvalue weighted by atomic mass is 16.4. The summed E-state index contributed by atoms with van der Waals surface area (Å²) in [6, 6.07) is 0. The highest BCUT2D eigenvalue weighted by Crippen LogP contribution is 2.19. The lowest BCUT2D eigenvalue weighted by atomic mass is 10.2. The van der Waals surface area contributed by atoms with Crippen LogP contribution in [0.4, 0.5) is 0 Å². The first-order valence-corrected chi connectivity index (χ1v) is 5.03. The number of rotatable bonds is 1. The minimum absolute atomic E-state index is 0.215. The van der Waals surface area contributed by atoms with E-state index in [1.54, 1.807) is 7.05 Å². The summed E-state index contributed by atoms with van der Waals surface area (Å²) >= 11 is 0. The number of hydrogen-bond acceptors (Lipinski definition) is 5. The van der Waals surface area contributed by atoms with E-state index in [-0.39, 0.29) is 12.4 Å². The van der Waals surface area contributed by atoms with Gasteiger partial charge in [0, 0.05) is 20.3 Å². The van der Waals surface area contributed by atoms with Crippen LogP contribution in [0.25, 0.3) is 0 Å². The zero-order valence-corrected chi connectivity index (χ0v) is 9.75. The third-order valence-electron chi connectivity index (χ3n) is 2.73. The first-order chi connectivity index (χ1) is 8.34. The quantitative estimate of drug-likeness (QED) is 0.656. The predicted molar refractivity (Wildman–Crippen MR) is 60.4 cm³/mol. The zero-order valence-electron chi connectivity index (χ0n) is 9.75. The summed E-state index contributed by atoms with van der Waals surface area (Å²) in [6.45, 7) is 0.215. The number of carbonyl (C=O) groups excluding carboxylic acids is 1. The SMILES string of the molecule is CN1CN(C)n2cc(C(=O)O)c(=O)c(O)c2C1=O. The lowest BCUT2D eigenvalue weighted by molar-refractivity contribution is 0.0683. The molecule has 8 nitrogen and oxygen atoms in total. The van der Waals surface area contributed by atoms with Gasteiger partial charge in [-0.15, -0.1) is 0 Å². The molecular formula is C10H11N3O5. The van der Waals surface area contributed by atoms with Gasteiger partial charge in [0.05, 0.1) is 0 Å². The van der Waals surface area contributed by atoms with Crippen molar-refractivity contribution in [1.82, 2.24) is 9.58 Å². The molecule has 1 aliphatic heterocycles. The van der Waals surface area contributed by atoms with Crippen LogP contribution in [0.3, 0.4) is 0 Å². The summed E-state index contributed by atoms with van der Waals surface area (Å²) in [5.74, 6) is -2.84. The number of fused-ring (bicyclic) bond motifs is 1. The number of aromatic nitrogens is 1. The lowest BCUT2D eigenvalue weighted by Crippen LogP contribution is -2.51. The molecule has 1 aromatic rings. The zero-order chi connectivity index (χ0) is 13.6. The molecule has 0 fully saturated rings. The van der Waals surface area contributed by atoms with Crippen molar-refractivity contribution in [2.24, 2.45) is 0 Å². The summed E-state index contributed by atoms with van der Waals surface area (Å²) in [4.78, 5) is 35.6. The van der Waals surface area contributed by atoms with E-state index in [9.17, 15) is 19.5 Å². The number of amides is 1. The Morgan fingerprint density at radius 1 is 1.33 bits per heavy atom. The predicted octanol–water partition coefficient (Wildman–Crippen LogP) is -1.14. The molecule has 0 spiro atoms. The van der Waals surface area contributed by atoms with Crippen molar-refractivity contribution in [3.8, 4) is 5.75 Å². The summed E-state index contributed by atoms with van der Waals surface area (Å²) in [7, 11) is 3.11. The maximum atomic E-state index is 11.8. The van der Waals surface area contributed by atoms with Gasteiger partial charge >= 0.3 is 5.97 Å². The molecule has 0 radical (unpaired) electrons. The molecule has 96 valence electrons. The first kappa shape index (κ1) is 12.0. The van der Waals surface area contributed by atoms with Gasteiger partial charge in [-0.05, 0) is 0 Å². The highest BCUT2D eigenvalue weighted by molar-refractivity contribution is 5.97. The van der Waals surface area contributed by atoms with Crippen molar-refractivity contribution < 1.29 is 19.8 Å². The standard InChI is InChI=1S/C10H11N3O5/c1-11-4-12(2)13-3-5(10(17)18)7(14)8(15)6(13)9(11)16/h3,15H,4H2,1-2H3,(H,17,18). The third-order valence-corrected chi connectivity index (χ3v) is 2.73. The summed E-state index contributed by atoms with van der Waals surface area (Å²) in [6.07, 6.45) is 1.03. The molecule has 8 heteroatoms. The Kier molecular flexibility index (Phi) is 2.50.